The Morgan fingerprint density at radius 3 is 1.93 bits per heavy atom. The summed E-state index contributed by atoms with van der Waals surface area (Å²) < 4.78 is 5.19. The van der Waals surface area contributed by atoms with Crippen molar-refractivity contribution in [1.29, 1.82) is 0 Å². The molecule has 0 fully saturated rings. The van der Waals surface area contributed by atoms with Crippen LogP contribution in [0.1, 0.15) is 96.0 Å². The van der Waals surface area contributed by atoms with Gasteiger partial charge in [-0.15, -0.1) is 0 Å². The molecule has 0 aliphatic carbocycles. The molecule has 0 bridgehead atoms. The number of rotatable bonds is 14. The third-order valence-corrected chi connectivity index (χ3v) is 5.36. The van der Waals surface area contributed by atoms with Crippen molar-refractivity contribution in [2.75, 3.05) is 0 Å². The number of phenols is 1. The highest BCUT2D eigenvalue weighted by Gasteiger charge is 2.06. The normalized spacial score (nSPS) is 11.3. The summed E-state index contributed by atoms with van der Waals surface area (Å²) in [4.78, 5) is 11.7. The van der Waals surface area contributed by atoms with Crippen LogP contribution in [0.15, 0.2) is 33.5 Å². The zero-order valence-electron chi connectivity index (χ0n) is 17.0. The highest BCUT2D eigenvalue weighted by Crippen LogP contribution is 2.23. The van der Waals surface area contributed by atoms with Gasteiger partial charge in [0.2, 0.25) is 0 Å². The molecule has 0 atom stereocenters. The van der Waals surface area contributed by atoms with E-state index >= 15 is 0 Å². The summed E-state index contributed by atoms with van der Waals surface area (Å²) in [6.07, 6.45) is 18.3. The van der Waals surface area contributed by atoms with Gasteiger partial charge in [0.25, 0.3) is 0 Å². The fourth-order valence-electron chi connectivity index (χ4n) is 3.76. The maximum absolute atomic E-state index is 11.7. The molecule has 1 aromatic heterocycles. The Labute approximate surface area is 163 Å². The van der Waals surface area contributed by atoms with Gasteiger partial charge < -0.3 is 9.52 Å². The van der Waals surface area contributed by atoms with Crippen LogP contribution in [0.5, 0.6) is 5.75 Å². The lowest BCUT2D eigenvalue weighted by Gasteiger charge is -2.06. The number of hydrogen-bond donors (Lipinski definition) is 1. The largest absolute Gasteiger partial charge is 0.508 e. The molecule has 1 aromatic carbocycles. The van der Waals surface area contributed by atoms with Crippen molar-refractivity contribution >= 4 is 11.0 Å². The second-order valence-electron chi connectivity index (χ2n) is 7.76. The molecule has 0 unspecified atom stereocenters. The average Bonchev–Trinajstić information content (AvgIpc) is 2.64. The molecule has 150 valence electrons. The summed E-state index contributed by atoms with van der Waals surface area (Å²) >= 11 is 0. The van der Waals surface area contributed by atoms with Gasteiger partial charge in [-0.05, 0) is 30.5 Å². The van der Waals surface area contributed by atoms with Gasteiger partial charge in [0, 0.05) is 17.5 Å². The van der Waals surface area contributed by atoms with E-state index in [1.54, 1.807) is 12.1 Å². The first-order valence-corrected chi connectivity index (χ1v) is 11.0. The van der Waals surface area contributed by atoms with E-state index in [9.17, 15) is 9.90 Å². The molecule has 2 aromatic rings. The van der Waals surface area contributed by atoms with Crippen molar-refractivity contribution in [3.05, 3.63) is 40.2 Å². The Bertz CT molecular complexity index is 717. The SMILES string of the molecule is CCCCCCCCCCCCCCCc1cc(=O)oc2cc(O)ccc12. The molecule has 2 rings (SSSR count). The standard InChI is InChI=1S/C24H36O3/c1-2-3-4-5-6-7-8-9-10-11-12-13-14-15-20-18-24(26)27-23-19-21(25)16-17-22(20)23/h16-19,25H,2-15H2,1H3. The Morgan fingerprint density at radius 1 is 0.778 bits per heavy atom. The minimum Gasteiger partial charge on any atom is -0.508 e. The Kier molecular flexibility index (Phi) is 10.0. The smallest absolute Gasteiger partial charge is 0.336 e. The van der Waals surface area contributed by atoms with Crippen LogP contribution < -0.4 is 5.63 Å². The van der Waals surface area contributed by atoms with Crippen molar-refractivity contribution in [3.8, 4) is 5.75 Å². The summed E-state index contributed by atoms with van der Waals surface area (Å²) in [6, 6.07) is 6.60. The Balaban J connectivity index is 1.56. The Hall–Kier alpha value is -1.77. The molecule has 0 amide bonds. The van der Waals surface area contributed by atoms with Gasteiger partial charge >= 0.3 is 5.63 Å². The topological polar surface area (TPSA) is 50.4 Å². The molecular formula is C24H36O3. The lowest BCUT2D eigenvalue weighted by molar-refractivity contribution is 0.473. The van der Waals surface area contributed by atoms with E-state index in [1.165, 1.54) is 83.1 Å². The van der Waals surface area contributed by atoms with Gasteiger partial charge in [0.15, 0.2) is 0 Å². The highest BCUT2D eigenvalue weighted by molar-refractivity contribution is 5.81. The van der Waals surface area contributed by atoms with Gasteiger partial charge in [-0.3, -0.25) is 0 Å². The maximum atomic E-state index is 11.7. The second kappa shape index (κ2) is 12.6. The predicted molar refractivity (Wildman–Crippen MR) is 114 cm³/mol. The van der Waals surface area contributed by atoms with Crippen LogP contribution in [0.2, 0.25) is 0 Å². The molecule has 1 heterocycles. The van der Waals surface area contributed by atoms with Crippen molar-refractivity contribution in [3.63, 3.8) is 0 Å². The van der Waals surface area contributed by atoms with E-state index in [0.717, 1.165) is 23.8 Å². The van der Waals surface area contributed by atoms with E-state index in [1.807, 2.05) is 6.07 Å². The van der Waals surface area contributed by atoms with Crippen molar-refractivity contribution in [1.82, 2.24) is 0 Å². The molecule has 27 heavy (non-hydrogen) atoms. The van der Waals surface area contributed by atoms with E-state index in [4.69, 9.17) is 4.42 Å². The lowest BCUT2D eigenvalue weighted by atomic mass is 10.0. The summed E-state index contributed by atoms with van der Waals surface area (Å²) in [6.45, 7) is 2.27. The van der Waals surface area contributed by atoms with Gasteiger partial charge in [0.05, 0.1) is 0 Å². The fourth-order valence-corrected chi connectivity index (χ4v) is 3.76. The number of hydrogen-bond acceptors (Lipinski definition) is 3. The molecule has 3 heteroatoms. The molecule has 1 N–H and O–H groups in total. The average molecular weight is 373 g/mol. The van der Waals surface area contributed by atoms with Gasteiger partial charge in [-0.2, -0.15) is 0 Å². The first-order chi connectivity index (χ1) is 13.2. The summed E-state index contributed by atoms with van der Waals surface area (Å²) in [7, 11) is 0. The highest BCUT2D eigenvalue weighted by atomic mass is 16.4. The molecule has 0 saturated carbocycles. The minimum absolute atomic E-state index is 0.128. The van der Waals surface area contributed by atoms with Crippen LogP contribution in [0.25, 0.3) is 11.0 Å². The third kappa shape index (κ3) is 8.19. The lowest BCUT2D eigenvalue weighted by Crippen LogP contribution is -2.00. The van der Waals surface area contributed by atoms with Crippen LogP contribution in [-0.4, -0.2) is 5.11 Å². The summed E-state index contributed by atoms with van der Waals surface area (Å²) in [5.74, 6) is 0.128. The van der Waals surface area contributed by atoms with Crippen molar-refractivity contribution < 1.29 is 9.52 Å². The number of unbranched alkanes of at least 4 members (excludes halogenated alkanes) is 12. The first-order valence-electron chi connectivity index (χ1n) is 11.0. The first kappa shape index (κ1) is 21.5. The third-order valence-electron chi connectivity index (χ3n) is 5.36. The van der Waals surface area contributed by atoms with Gasteiger partial charge in [-0.25, -0.2) is 4.79 Å². The van der Waals surface area contributed by atoms with Gasteiger partial charge in [-0.1, -0.05) is 84.0 Å². The quantitative estimate of drug-likeness (QED) is 0.283. The van der Waals surface area contributed by atoms with E-state index in [0.29, 0.717) is 5.58 Å². The van der Waals surface area contributed by atoms with E-state index in [-0.39, 0.29) is 11.4 Å². The maximum Gasteiger partial charge on any atom is 0.336 e. The zero-order valence-corrected chi connectivity index (χ0v) is 17.0. The number of aromatic hydroxyl groups is 1. The number of benzene rings is 1. The predicted octanol–water partition coefficient (Wildman–Crippen LogP) is 7.13. The number of phenolic OH excluding ortho intramolecular Hbond substituents is 1. The summed E-state index contributed by atoms with van der Waals surface area (Å²) in [5.41, 5.74) is 1.18. The molecule has 0 saturated heterocycles. The van der Waals surface area contributed by atoms with Crippen LogP contribution in [0.3, 0.4) is 0 Å². The van der Waals surface area contributed by atoms with Crippen LogP contribution in [0, 0.1) is 0 Å². The molecule has 0 radical (unpaired) electrons. The number of fused-ring (bicyclic) bond motifs is 1. The van der Waals surface area contributed by atoms with Crippen LogP contribution in [-0.2, 0) is 6.42 Å². The van der Waals surface area contributed by atoms with E-state index < -0.39 is 0 Å². The molecule has 0 aliphatic rings. The van der Waals surface area contributed by atoms with Gasteiger partial charge in [0.1, 0.15) is 11.3 Å². The molecular weight excluding hydrogens is 336 g/mol. The van der Waals surface area contributed by atoms with Crippen LogP contribution >= 0.6 is 0 Å². The summed E-state index contributed by atoms with van der Waals surface area (Å²) in [5, 5.41) is 10.5. The monoisotopic (exact) mass is 372 g/mol. The Morgan fingerprint density at radius 2 is 1.33 bits per heavy atom. The van der Waals surface area contributed by atoms with Crippen molar-refractivity contribution in [2.45, 2.75) is 96.8 Å². The molecule has 3 nitrogen and oxygen atoms in total. The number of aryl methyl sites for hydroxylation is 1. The van der Waals surface area contributed by atoms with Crippen molar-refractivity contribution in [2.24, 2.45) is 0 Å². The fraction of sp³-hybridized carbons (Fsp3) is 0.625. The minimum atomic E-state index is -0.335. The van der Waals surface area contributed by atoms with E-state index in [2.05, 4.69) is 6.92 Å². The van der Waals surface area contributed by atoms with Crippen LogP contribution in [0.4, 0.5) is 0 Å². The molecule has 0 aliphatic heterocycles. The molecule has 0 spiro atoms. The zero-order chi connectivity index (χ0) is 19.3. The second-order valence-corrected chi connectivity index (χ2v) is 7.76.